The van der Waals surface area contributed by atoms with Gasteiger partial charge in [0.1, 0.15) is 4.99 Å². The van der Waals surface area contributed by atoms with Gasteiger partial charge in [0.15, 0.2) is 0 Å². The Morgan fingerprint density at radius 1 is 1.30 bits per heavy atom. The largest absolute Gasteiger partial charge is 0.267 e. The molecule has 0 aliphatic heterocycles. The van der Waals surface area contributed by atoms with E-state index in [-0.39, 0.29) is 0 Å². The highest BCUT2D eigenvalue weighted by Gasteiger charge is 2.30. The second-order valence-corrected chi connectivity index (χ2v) is 7.28. The van der Waals surface area contributed by atoms with Crippen molar-refractivity contribution in [2.45, 2.75) is 40.5 Å². The van der Waals surface area contributed by atoms with Gasteiger partial charge in [0, 0.05) is 11.5 Å². The standard InChI is InChI=1S/C20H26N2S/c1-15-9-8-14-20(3,4)18(15)13-12-16(2)21-22-19(23)17-10-6-5-7-11-17/h5-7,9-13,18H,8,14H2,1-4H3,(H,22,23). The van der Waals surface area contributed by atoms with Gasteiger partial charge in [0.2, 0.25) is 0 Å². The number of rotatable bonds is 4. The van der Waals surface area contributed by atoms with Crippen LogP contribution in [0.25, 0.3) is 0 Å². The van der Waals surface area contributed by atoms with Crippen LogP contribution in [-0.4, -0.2) is 10.7 Å². The number of nitrogens with one attached hydrogen (secondary N) is 1. The summed E-state index contributed by atoms with van der Waals surface area (Å²) < 4.78 is 0. The Bertz CT molecular complexity index is 639. The van der Waals surface area contributed by atoms with Gasteiger partial charge >= 0.3 is 0 Å². The average molecular weight is 327 g/mol. The maximum atomic E-state index is 5.35. The fraction of sp³-hybridized carbons (Fsp3) is 0.400. The highest BCUT2D eigenvalue weighted by Crippen LogP contribution is 2.41. The highest BCUT2D eigenvalue weighted by molar-refractivity contribution is 7.80. The van der Waals surface area contributed by atoms with Crippen molar-refractivity contribution in [2.75, 3.05) is 0 Å². The van der Waals surface area contributed by atoms with Crippen LogP contribution >= 0.6 is 12.2 Å². The number of thiocarbonyl (C=S) groups is 1. The lowest BCUT2D eigenvalue weighted by Gasteiger charge is -2.36. The van der Waals surface area contributed by atoms with Gasteiger partial charge in [-0.25, -0.2) is 0 Å². The van der Waals surface area contributed by atoms with Crippen molar-refractivity contribution in [1.82, 2.24) is 5.43 Å². The zero-order valence-electron chi connectivity index (χ0n) is 14.5. The van der Waals surface area contributed by atoms with Gasteiger partial charge in [0.05, 0.1) is 5.71 Å². The minimum atomic E-state index is 0.308. The molecule has 2 rings (SSSR count). The van der Waals surface area contributed by atoms with E-state index in [0.717, 1.165) is 11.3 Å². The molecule has 1 atom stereocenters. The predicted molar refractivity (Wildman–Crippen MR) is 104 cm³/mol. The molecule has 1 aliphatic rings. The minimum Gasteiger partial charge on any atom is -0.267 e. The summed E-state index contributed by atoms with van der Waals surface area (Å²) in [6, 6.07) is 9.88. The second kappa shape index (κ2) is 7.69. The monoisotopic (exact) mass is 326 g/mol. The Balaban J connectivity index is 2.00. The third-order valence-electron chi connectivity index (χ3n) is 4.49. The van der Waals surface area contributed by atoms with Crippen molar-refractivity contribution in [3.63, 3.8) is 0 Å². The lowest BCUT2D eigenvalue weighted by atomic mass is 9.68. The van der Waals surface area contributed by atoms with Crippen molar-refractivity contribution >= 4 is 22.9 Å². The fourth-order valence-corrected chi connectivity index (χ4v) is 3.23. The molecule has 0 fully saturated rings. The maximum absolute atomic E-state index is 5.35. The maximum Gasteiger partial charge on any atom is 0.126 e. The van der Waals surface area contributed by atoms with E-state index in [2.05, 4.69) is 49.5 Å². The molecule has 0 aromatic heterocycles. The second-order valence-electron chi connectivity index (χ2n) is 6.87. The van der Waals surface area contributed by atoms with E-state index in [9.17, 15) is 0 Å². The van der Waals surface area contributed by atoms with Crippen LogP contribution in [-0.2, 0) is 0 Å². The number of hydrazone groups is 1. The van der Waals surface area contributed by atoms with Crippen LogP contribution in [0.1, 0.15) is 46.1 Å². The topological polar surface area (TPSA) is 24.4 Å². The van der Waals surface area contributed by atoms with Crippen molar-refractivity contribution < 1.29 is 0 Å². The van der Waals surface area contributed by atoms with Gasteiger partial charge in [-0.1, -0.05) is 74.1 Å². The molecule has 3 heteroatoms. The SMILES string of the molecule is CC1=CCCC(C)(C)C1C=CC(C)=NNC(=S)c1ccccc1. The zero-order valence-corrected chi connectivity index (χ0v) is 15.3. The van der Waals surface area contributed by atoms with E-state index in [1.54, 1.807) is 0 Å². The van der Waals surface area contributed by atoms with Gasteiger partial charge < -0.3 is 0 Å². The van der Waals surface area contributed by atoms with Crippen LogP contribution < -0.4 is 5.43 Å². The molecule has 1 aromatic rings. The van der Waals surface area contributed by atoms with Crippen molar-refractivity contribution in [2.24, 2.45) is 16.4 Å². The van der Waals surface area contributed by atoms with E-state index in [1.165, 1.54) is 18.4 Å². The predicted octanol–water partition coefficient (Wildman–Crippen LogP) is 5.27. The van der Waals surface area contributed by atoms with Gasteiger partial charge in [0.25, 0.3) is 0 Å². The van der Waals surface area contributed by atoms with Crippen LogP contribution in [0.2, 0.25) is 0 Å². The first-order valence-corrected chi connectivity index (χ1v) is 8.55. The summed E-state index contributed by atoms with van der Waals surface area (Å²) in [4.78, 5) is 0.646. The van der Waals surface area contributed by atoms with E-state index in [0.29, 0.717) is 16.3 Å². The molecule has 2 nitrogen and oxygen atoms in total. The highest BCUT2D eigenvalue weighted by atomic mass is 32.1. The van der Waals surface area contributed by atoms with Gasteiger partial charge in [-0.2, -0.15) is 5.10 Å². The normalized spacial score (nSPS) is 21.1. The minimum absolute atomic E-state index is 0.308. The molecule has 0 amide bonds. The summed E-state index contributed by atoms with van der Waals surface area (Å²) in [7, 11) is 0. The lowest BCUT2D eigenvalue weighted by molar-refractivity contribution is 0.255. The van der Waals surface area contributed by atoms with Crippen molar-refractivity contribution in [3.05, 3.63) is 59.7 Å². The summed E-state index contributed by atoms with van der Waals surface area (Å²) in [5, 5.41) is 4.38. The molecule has 1 aromatic carbocycles. The summed E-state index contributed by atoms with van der Waals surface area (Å²) in [5.74, 6) is 0.475. The molecule has 0 saturated carbocycles. The molecule has 1 aliphatic carbocycles. The zero-order chi connectivity index (χ0) is 16.9. The summed E-state index contributed by atoms with van der Waals surface area (Å²) in [6.07, 6.45) is 9.14. The Morgan fingerprint density at radius 2 is 2.00 bits per heavy atom. The number of hydrogen-bond acceptors (Lipinski definition) is 2. The first-order valence-electron chi connectivity index (χ1n) is 8.15. The van der Waals surface area contributed by atoms with Crippen LogP contribution in [0, 0.1) is 11.3 Å². The van der Waals surface area contributed by atoms with Crippen LogP contribution in [0.3, 0.4) is 0 Å². The average Bonchev–Trinajstić information content (AvgIpc) is 2.52. The third kappa shape index (κ3) is 4.87. The smallest absolute Gasteiger partial charge is 0.126 e. The first-order chi connectivity index (χ1) is 10.9. The summed E-state index contributed by atoms with van der Waals surface area (Å²) >= 11 is 5.35. The van der Waals surface area contributed by atoms with E-state index in [1.807, 2.05) is 37.3 Å². The summed E-state index contributed by atoms with van der Waals surface area (Å²) in [5.41, 5.74) is 6.65. The molecule has 23 heavy (non-hydrogen) atoms. The molecule has 0 radical (unpaired) electrons. The van der Waals surface area contributed by atoms with Crippen LogP contribution in [0.5, 0.6) is 0 Å². The molecular weight excluding hydrogens is 300 g/mol. The fourth-order valence-electron chi connectivity index (χ4n) is 3.05. The van der Waals surface area contributed by atoms with Crippen molar-refractivity contribution in [1.29, 1.82) is 0 Å². The quantitative estimate of drug-likeness (QED) is 0.353. The molecular formula is C20H26N2S. The van der Waals surface area contributed by atoms with Gasteiger partial charge in [-0.3, -0.25) is 5.43 Å². The molecule has 122 valence electrons. The molecule has 1 unspecified atom stereocenters. The number of nitrogens with zero attached hydrogens (tertiary/aromatic N) is 1. The van der Waals surface area contributed by atoms with E-state index < -0.39 is 0 Å². The summed E-state index contributed by atoms with van der Waals surface area (Å²) in [6.45, 7) is 8.90. The Hall–Kier alpha value is -1.74. The molecule has 0 saturated heterocycles. The molecule has 1 N–H and O–H groups in total. The van der Waals surface area contributed by atoms with Crippen LogP contribution in [0.4, 0.5) is 0 Å². The van der Waals surface area contributed by atoms with E-state index >= 15 is 0 Å². The Kier molecular flexibility index (Phi) is 5.89. The lowest BCUT2D eigenvalue weighted by Crippen LogP contribution is -2.26. The number of benzene rings is 1. The number of hydrogen-bond donors (Lipinski definition) is 1. The Morgan fingerprint density at radius 3 is 2.65 bits per heavy atom. The van der Waals surface area contributed by atoms with Crippen molar-refractivity contribution in [3.8, 4) is 0 Å². The number of allylic oxidation sites excluding steroid dienone is 4. The third-order valence-corrected chi connectivity index (χ3v) is 4.81. The first kappa shape index (κ1) is 17.6. The molecule has 0 spiro atoms. The van der Waals surface area contributed by atoms with E-state index in [4.69, 9.17) is 12.2 Å². The van der Waals surface area contributed by atoms with Crippen LogP contribution in [0.15, 0.2) is 59.2 Å². The molecule has 0 heterocycles. The van der Waals surface area contributed by atoms with Gasteiger partial charge in [-0.05, 0) is 38.2 Å². The Labute approximate surface area is 145 Å². The van der Waals surface area contributed by atoms with Gasteiger partial charge in [-0.15, -0.1) is 0 Å². The molecule has 0 bridgehead atoms.